The van der Waals surface area contributed by atoms with Crippen LogP contribution in [0.15, 0.2) is 41.0 Å². The summed E-state index contributed by atoms with van der Waals surface area (Å²) in [6.07, 6.45) is 7.33. The van der Waals surface area contributed by atoms with Gasteiger partial charge in [0.25, 0.3) is 0 Å². The summed E-state index contributed by atoms with van der Waals surface area (Å²) in [5.74, 6) is 0.823. The van der Waals surface area contributed by atoms with E-state index in [4.69, 9.17) is 0 Å². The Morgan fingerprint density at radius 1 is 1.24 bits per heavy atom. The number of aromatic nitrogens is 2. The van der Waals surface area contributed by atoms with Crippen molar-refractivity contribution in [1.82, 2.24) is 9.97 Å². The summed E-state index contributed by atoms with van der Waals surface area (Å²) >= 11 is 3.45. The normalized spacial score (nSPS) is 15.5. The first-order valence-electron chi connectivity index (χ1n) is 5.65. The van der Waals surface area contributed by atoms with Crippen LogP contribution < -0.4 is 4.90 Å². The van der Waals surface area contributed by atoms with Gasteiger partial charge in [0.15, 0.2) is 0 Å². The van der Waals surface area contributed by atoms with Crippen molar-refractivity contribution in [3.05, 3.63) is 41.0 Å². The number of anilines is 1. The zero-order valence-electron chi connectivity index (χ0n) is 9.31. The van der Waals surface area contributed by atoms with E-state index < -0.39 is 0 Å². The molecule has 1 aromatic carbocycles. The molecule has 1 aliphatic rings. The number of halogens is 1. The van der Waals surface area contributed by atoms with E-state index in [1.54, 1.807) is 0 Å². The zero-order chi connectivity index (χ0) is 11.7. The molecule has 0 aliphatic carbocycles. The van der Waals surface area contributed by atoms with E-state index in [1.807, 2.05) is 24.4 Å². The summed E-state index contributed by atoms with van der Waals surface area (Å²) in [6, 6.07) is 6.06. The molecule has 0 bridgehead atoms. The van der Waals surface area contributed by atoms with Gasteiger partial charge in [-0.05, 0) is 24.6 Å². The number of rotatable bonds is 1. The minimum atomic E-state index is 0.823. The Bertz CT molecular complexity index is 580. The minimum Gasteiger partial charge on any atom is -0.337 e. The fraction of sp³-hybridized carbons (Fsp3) is 0.231. The van der Waals surface area contributed by atoms with Crippen LogP contribution in [0.3, 0.4) is 0 Å². The minimum absolute atomic E-state index is 0.823. The first kappa shape index (κ1) is 10.7. The van der Waals surface area contributed by atoms with Gasteiger partial charge in [-0.3, -0.25) is 0 Å². The first-order valence-corrected chi connectivity index (χ1v) is 6.44. The topological polar surface area (TPSA) is 29.0 Å². The van der Waals surface area contributed by atoms with Crippen LogP contribution in [0.5, 0.6) is 0 Å². The fourth-order valence-electron chi connectivity index (χ4n) is 1.97. The van der Waals surface area contributed by atoms with E-state index in [2.05, 4.69) is 42.9 Å². The van der Waals surface area contributed by atoms with Gasteiger partial charge >= 0.3 is 0 Å². The Morgan fingerprint density at radius 2 is 2.18 bits per heavy atom. The molecule has 17 heavy (non-hydrogen) atoms. The third kappa shape index (κ3) is 2.17. The highest BCUT2D eigenvalue weighted by Gasteiger charge is 2.10. The Morgan fingerprint density at radius 3 is 3.00 bits per heavy atom. The predicted molar refractivity (Wildman–Crippen MR) is 73.2 cm³/mol. The van der Waals surface area contributed by atoms with Crippen molar-refractivity contribution in [1.29, 1.82) is 0 Å². The molecule has 0 saturated heterocycles. The Hall–Kier alpha value is -1.42. The highest BCUT2D eigenvalue weighted by atomic mass is 79.9. The number of benzene rings is 1. The fourth-order valence-corrected chi connectivity index (χ4v) is 2.35. The van der Waals surface area contributed by atoms with Crippen molar-refractivity contribution in [2.45, 2.75) is 6.42 Å². The number of fused-ring (bicyclic) bond motifs is 1. The van der Waals surface area contributed by atoms with Crippen molar-refractivity contribution < 1.29 is 0 Å². The van der Waals surface area contributed by atoms with Gasteiger partial charge in [-0.15, -0.1) is 0 Å². The summed E-state index contributed by atoms with van der Waals surface area (Å²) in [6.45, 7) is 1.90. The second-order valence-electron chi connectivity index (χ2n) is 4.08. The molecule has 1 aliphatic heterocycles. The van der Waals surface area contributed by atoms with Crippen LogP contribution in [0.4, 0.5) is 5.95 Å². The Labute approximate surface area is 108 Å². The molecule has 1 aromatic heterocycles. The smallest absolute Gasteiger partial charge is 0.226 e. The predicted octanol–water partition coefficient (Wildman–Crippen LogP) is 3.16. The molecule has 0 amide bonds. The third-order valence-electron chi connectivity index (χ3n) is 2.87. The average molecular weight is 290 g/mol. The number of hydrogen-bond donors (Lipinski definition) is 0. The van der Waals surface area contributed by atoms with Crippen LogP contribution in [-0.4, -0.2) is 23.1 Å². The van der Waals surface area contributed by atoms with Gasteiger partial charge < -0.3 is 4.90 Å². The SMILES string of the molecule is Brc1ccc2nc(N3CC=CCC3)ncc2c1. The van der Waals surface area contributed by atoms with Crippen molar-refractivity contribution in [3.8, 4) is 0 Å². The molecule has 0 radical (unpaired) electrons. The van der Waals surface area contributed by atoms with Gasteiger partial charge in [0.2, 0.25) is 5.95 Å². The molecule has 2 heterocycles. The maximum atomic E-state index is 4.60. The van der Waals surface area contributed by atoms with Gasteiger partial charge in [-0.1, -0.05) is 28.1 Å². The van der Waals surface area contributed by atoms with Gasteiger partial charge in [-0.2, -0.15) is 0 Å². The molecular weight excluding hydrogens is 278 g/mol. The molecule has 0 atom stereocenters. The molecule has 2 aromatic rings. The monoisotopic (exact) mass is 289 g/mol. The molecule has 86 valence electrons. The lowest BCUT2D eigenvalue weighted by Crippen LogP contribution is -2.28. The molecule has 0 fully saturated rings. The van der Waals surface area contributed by atoms with Crippen LogP contribution in [0.1, 0.15) is 6.42 Å². The molecule has 0 N–H and O–H groups in total. The van der Waals surface area contributed by atoms with E-state index in [-0.39, 0.29) is 0 Å². The van der Waals surface area contributed by atoms with E-state index in [0.717, 1.165) is 40.8 Å². The summed E-state index contributed by atoms with van der Waals surface area (Å²) in [5, 5.41) is 1.07. The van der Waals surface area contributed by atoms with Crippen molar-refractivity contribution in [3.63, 3.8) is 0 Å². The van der Waals surface area contributed by atoms with E-state index in [1.165, 1.54) is 0 Å². The van der Waals surface area contributed by atoms with E-state index in [9.17, 15) is 0 Å². The van der Waals surface area contributed by atoms with E-state index >= 15 is 0 Å². The standard InChI is InChI=1S/C13H12BrN3/c14-11-4-5-12-10(8-11)9-15-13(16-12)17-6-2-1-3-7-17/h1-2,4-5,8-9H,3,6-7H2. The molecule has 3 nitrogen and oxygen atoms in total. The van der Waals surface area contributed by atoms with E-state index in [0.29, 0.717) is 0 Å². The van der Waals surface area contributed by atoms with Gasteiger partial charge in [0.1, 0.15) is 0 Å². The second-order valence-corrected chi connectivity index (χ2v) is 4.99. The zero-order valence-corrected chi connectivity index (χ0v) is 10.9. The molecular formula is C13H12BrN3. The van der Waals surface area contributed by atoms with Gasteiger partial charge in [-0.25, -0.2) is 9.97 Å². The summed E-state index contributed by atoms with van der Waals surface area (Å²) in [4.78, 5) is 11.2. The highest BCUT2D eigenvalue weighted by Crippen LogP contribution is 2.20. The largest absolute Gasteiger partial charge is 0.337 e. The van der Waals surface area contributed by atoms with Crippen LogP contribution in [0.2, 0.25) is 0 Å². The number of nitrogens with zero attached hydrogens (tertiary/aromatic N) is 3. The quantitative estimate of drug-likeness (QED) is 0.755. The lowest BCUT2D eigenvalue weighted by atomic mass is 10.2. The molecule has 0 unspecified atom stereocenters. The van der Waals surface area contributed by atoms with Crippen LogP contribution in [0.25, 0.3) is 10.9 Å². The second kappa shape index (κ2) is 4.45. The Kier molecular flexibility index (Phi) is 2.81. The van der Waals surface area contributed by atoms with Crippen LogP contribution >= 0.6 is 15.9 Å². The summed E-state index contributed by atoms with van der Waals surface area (Å²) < 4.78 is 1.06. The molecule has 4 heteroatoms. The Balaban J connectivity index is 2.01. The lowest BCUT2D eigenvalue weighted by molar-refractivity contribution is 0.790. The first-order chi connectivity index (χ1) is 8.33. The van der Waals surface area contributed by atoms with Crippen molar-refractivity contribution >= 4 is 32.8 Å². The number of hydrogen-bond acceptors (Lipinski definition) is 3. The van der Waals surface area contributed by atoms with Gasteiger partial charge in [0.05, 0.1) is 5.52 Å². The van der Waals surface area contributed by atoms with Crippen LogP contribution in [-0.2, 0) is 0 Å². The van der Waals surface area contributed by atoms with Crippen molar-refractivity contribution in [2.24, 2.45) is 0 Å². The maximum absolute atomic E-state index is 4.60. The average Bonchev–Trinajstić information content (AvgIpc) is 2.39. The summed E-state index contributed by atoms with van der Waals surface area (Å²) in [5.41, 5.74) is 0.993. The molecule has 0 saturated carbocycles. The van der Waals surface area contributed by atoms with Gasteiger partial charge in [0, 0.05) is 29.1 Å². The summed E-state index contributed by atoms with van der Waals surface area (Å²) in [7, 11) is 0. The maximum Gasteiger partial charge on any atom is 0.226 e. The third-order valence-corrected chi connectivity index (χ3v) is 3.36. The molecule has 3 rings (SSSR count). The van der Waals surface area contributed by atoms with Crippen LogP contribution in [0, 0.1) is 0 Å². The van der Waals surface area contributed by atoms with Crippen molar-refractivity contribution in [2.75, 3.05) is 18.0 Å². The lowest BCUT2D eigenvalue weighted by Gasteiger charge is -2.23. The highest BCUT2D eigenvalue weighted by molar-refractivity contribution is 9.10. The molecule has 0 spiro atoms.